The molecule has 1 aromatic rings. The first kappa shape index (κ1) is 13.4. The standard InChI is InChI=1S/C16H25NO/c1-2-3-4-5-6-7-11-17-12-14-9-8-10-16(18)15(14)13-17/h12-13H,2-11H2,1H3. The van der Waals surface area contributed by atoms with Gasteiger partial charge in [-0.05, 0) is 24.8 Å². The lowest BCUT2D eigenvalue weighted by Gasteiger charge is -2.07. The number of carbonyl (C=O) groups is 1. The third kappa shape index (κ3) is 3.47. The number of nitrogens with zero attached hydrogens (tertiary/aromatic N) is 1. The highest BCUT2D eigenvalue weighted by Gasteiger charge is 2.18. The number of hydrogen-bond acceptors (Lipinski definition) is 1. The lowest BCUT2D eigenvalue weighted by atomic mass is 9.95. The minimum Gasteiger partial charge on any atom is -0.353 e. The van der Waals surface area contributed by atoms with E-state index in [9.17, 15) is 4.79 Å². The fourth-order valence-corrected chi connectivity index (χ4v) is 2.78. The number of rotatable bonds is 7. The smallest absolute Gasteiger partial charge is 0.164 e. The molecule has 0 bridgehead atoms. The van der Waals surface area contributed by atoms with E-state index in [0.717, 1.165) is 31.4 Å². The fourth-order valence-electron chi connectivity index (χ4n) is 2.78. The van der Waals surface area contributed by atoms with Gasteiger partial charge in [0.15, 0.2) is 5.78 Å². The zero-order valence-electron chi connectivity index (χ0n) is 11.6. The van der Waals surface area contributed by atoms with Crippen molar-refractivity contribution in [2.75, 3.05) is 0 Å². The Morgan fingerprint density at radius 3 is 2.61 bits per heavy atom. The Bertz CT molecular complexity index is 392. The van der Waals surface area contributed by atoms with Crippen molar-refractivity contribution in [3.05, 3.63) is 23.5 Å². The van der Waals surface area contributed by atoms with Crippen LogP contribution >= 0.6 is 0 Å². The Morgan fingerprint density at radius 1 is 1.06 bits per heavy atom. The quantitative estimate of drug-likeness (QED) is 0.656. The summed E-state index contributed by atoms with van der Waals surface area (Å²) in [7, 11) is 0. The van der Waals surface area contributed by atoms with E-state index in [1.54, 1.807) is 0 Å². The van der Waals surface area contributed by atoms with Crippen LogP contribution in [-0.2, 0) is 13.0 Å². The SMILES string of the molecule is CCCCCCCCn1cc2c(c1)C(=O)CCC2. The van der Waals surface area contributed by atoms with Crippen LogP contribution in [-0.4, -0.2) is 10.4 Å². The van der Waals surface area contributed by atoms with Gasteiger partial charge < -0.3 is 4.57 Å². The van der Waals surface area contributed by atoms with Crippen molar-refractivity contribution in [2.45, 2.75) is 71.3 Å². The highest BCUT2D eigenvalue weighted by molar-refractivity contribution is 5.98. The van der Waals surface area contributed by atoms with Crippen LogP contribution in [0.5, 0.6) is 0 Å². The summed E-state index contributed by atoms with van der Waals surface area (Å²) in [4.78, 5) is 11.7. The molecule has 0 radical (unpaired) electrons. The predicted molar refractivity (Wildman–Crippen MR) is 75.1 cm³/mol. The minimum atomic E-state index is 0.345. The number of aromatic nitrogens is 1. The maximum Gasteiger partial charge on any atom is 0.164 e. The molecule has 0 spiro atoms. The second-order valence-electron chi connectivity index (χ2n) is 5.48. The van der Waals surface area contributed by atoms with Crippen molar-refractivity contribution >= 4 is 5.78 Å². The van der Waals surface area contributed by atoms with Gasteiger partial charge in [-0.15, -0.1) is 0 Å². The van der Waals surface area contributed by atoms with Crippen LogP contribution in [0.2, 0.25) is 0 Å². The van der Waals surface area contributed by atoms with Crippen molar-refractivity contribution < 1.29 is 4.79 Å². The minimum absolute atomic E-state index is 0.345. The molecule has 0 aliphatic heterocycles. The van der Waals surface area contributed by atoms with Gasteiger partial charge in [0.25, 0.3) is 0 Å². The lowest BCUT2D eigenvalue weighted by molar-refractivity contribution is 0.0973. The molecule has 2 rings (SSSR count). The third-order valence-electron chi connectivity index (χ3n) is 3.88. The van der Waals surface area contributed by atoms with E-state index in [-0.39, 0.29) is 0 Å². The zero-order chi connectivity index (χ0) is 12.8. The molecular formula is C16H25NO. The summed E-state index contributed by atoms with van der Waals surface area (Å²) in [6.45, 7) is 3.33. The number of unbranched alkanes of at least 4 members (excludes halogenated alkanes) is 5. The molecule has 0 amide bonds. The Morgan fingerprint density at radius 2 is 1.83 bits per heavy atom. The Hall–Kier alpha value is -1.05. The molecule has 2 nitrogen and oxygen atoms in total. The summed E-state index contributed by atoms with van der Waals surface area (Å²) >= 11 is 0. The van der Waals surface area contributed by atoms with Gasteiger partial charge in [0, 0.05) is 30.9 Å². The highest BCUT2D eigenvalue weighted by atomic mass is 16.1. The number of ketones is 1. The van der Waals surface area contributed by atoms with Crippen LogP contribution in [0.25, 0.3) is 0 Å². The molecule has 0 fully saturated rings. The molecule has 2 heteroatoms. The lowest BCUT2D eigenvalue weighted by Crippen LogP contribution is -2.07. The summed E-state index contributed by atoms with van der Waals surface area (Å²) in [5.74, 6) is 0.345. The molecule has 18 heavy (non-hydrogen) atoms. The van der Waals surface area contributed by atoms with Crippen molar-refractivity contribution in [3.8, 4) is 0 Å². The summed E-state index contributed by atoms with van der Waals surface area (Å²) < 4.78 is 2.23. The summed E-state index contributed by atoms with van der Waals surface area (Å²) in [5.41, 5.74) is 2.27. The normalized spacial score (nSPS) is 14.8. The molecule has 1 aromatic heterocycles. The maximum atomic E-state index is 11.7. The van der Waals surface area contributed by atoms with E-state index >= 15 is 0 Å². The van der Waals surface area contributed by atoms with Gasteiger partial charge in [0.05, 0.1) is 0 Å². The average Bonchev–Trinajstić information content (AvgIpc) is 2.78. The van der Waals surface area contributed by atoms with Gasteiger partial charge in [0.2, 0.25) is 0 Å². The van der Waals surface area contributed by atoms with Gasteiger partial charge in [-0.2, -0.15) is 0 Å². The van der Waals surface area contributed by atoms with Crippen molar-refractivity contribution in [3.63, 3.8) is 0 Å². The van der Waals surface area contributed by atoms with Gasteiger partial charge >= 0.3 is 0 Å². The van der Waals surface area contributed by atoms with E-state index in [2.05, 4.69) is 23.9 Å². The zero-order valence-corrected chi connectivity index (χ0v) is 11.6. The Labute approximate surface area is 110 Å². The van der Waals surface area contributed by atoms with Crippen LogP contribution in [0.4, 0.5) is 0 Å². The first-order chi connectivity index (χ1) is 8.81. The third-order valence-corrected chi connectivity index (χ3v) is 3.88. The molecule has 100 valence electrons. The summed E-state index contributed by atoms with van der Waals surface area (Å²) in [6, 6.07) is 0. The average molecular weight is 247 g/mol. The second kappa shape index (κ2) is 6.77. The molecule has 0 atom stereocenters. The fraction of sp³-hybridized carbons (Fsp3) is 0.688. The topological polar surface area (TPSA) is 22.0 Å². The van der Waals surface area contributed by atoms with Crippen LogP contribution in [0.1, 0.15) is 74.2 Å². The Balaban J connectivity index is 1.75. The predicted octanol–water partition coefficient (Wildman–Crippen LogP) is 4.37. The number of aryl methyl sites for hydroxylation is 2. The summed E-state index contributed by atoms with van der Waals surface area (Å²) in [6.07, 6.45) is 15.1. The van der Waals surface area contributed by atoms with Crippen molar-refractivity contribution in [1.29, 1.82) is 0 Å². The molecule has 0 saturated heterocycles. The molecule has 0 saturated carbocycles. The van der Waals surface area contributed by atoms with E-state index in [1.807, 2.05) is 0 Å². The molecule has 0 N–H and O–H groups in total. The van der Waals surface area contributed by atoms with Crippen LogP contribution in [0.15, 0.2) is 12.4 Å². The van der Waals surface area contributed by atoms with E-state index in [0.29, 0.717) is 5.78 Å². The van der Waals surface area contributed by atoms with Crippen LogP contribution in [0, 0.1) is 0 Å². The van der Waals surface area contributed by atoms with Crippen LogP contribution in [0.3, 0.4) is 0 Å². The molecule has 0 unspecified atom stereocenters. The highest BCUT2D eigenvalue weighted by Crippen LogP contribution is 2.22. The maximum absolute atomic E-state index is 11.7. The van der Waals surface area contributed by atoms with Crippen LogP contribution < -0.4 is 0 Å². The van der Waals surface area contributed by atoms with Gasteiger partial charge in [0.1, 0.15) is 0 Å². The van der Waals surface area contributed by atoms with Crippen molar-refractivity contribution in [1.82, 2.24) is 4.57 Å². The largest absolute Gasteiger partial charge is 0.353 e. The summed E-state index contributed by atoms with van der Waals surface area (Å²) in [5, 5.41) is 0. The second-order valence-corrected chi connectivity index (χ2v) is 5.48. The van der Waals surface area contributed by atoms with E-state index in [4.69, 9.17) is 0 Å². The molecular weight excluding hydrogens is 222 g/mol. The first-order valence-electron chi connectivity index (χ1n) is 7.53. The molecule has 1 aliphatic rings. The van der Waals surface area contributed by atoms with E-state index < -0.39 is 0 Å². The number of carbonyl (C=O) groups excluding carboxylic acids is 1. The molecule has 1 aliphatic carbocycles. The first-order valence-corrected chi connectivity index (χ1v) is 7.53. The molecule has 1 heterocycles. The number of Topliss-reactive ketones (excluding diaryl/α,β-unsaturated/α-hetero) is 1. The van der Waals surface area contributed by atoms with Crippen molar-refractivity contribution in [2.24, 2.45) is 0 Å². The molecule has 0 aromatic carbocycles. The Kier molecular flexibility index (Phi) is 5.03. The van der Waals surface area contributed by atoms with Gasteiger partial charge in [-0.3, -0.25) is 4.79 Å². The van der Waals surface area contributed by atoms with Gasteiger partial charge in [-0.25, -0.2) is 0 Å². The monoisotopic (exact) mass is 247 g/mol. The van der Waals surface area contributed by atoms with Gasteiger partial charge in [-0.1, -0.05) is 39.0 Å². The number of fused-ring (bicyclic) bond motifs is 1. The van der Waals surface area contributed by atoms with E-state index in [1.165, 1.54) is 44.1 Å². The number of hydrogen-bond donors (Lipinski definition) is 0.